The number of nitrogens with one attached hydrogen (secondary N) is 1. The van der Waals surface area contributed by atoms with Crippen LogP contribution in [-0.4, -0.2) is 19.6 Å². The molecule has 1 aliphatic heterocycles. The third-order valence-corrected chi connectivity index (χ3v) is 7.18. The second-order valence-corrected chi connectivity index (χ2v) is 9.69. The average Bonchev–Trinajstić information content (AvgIpc) is 2.84. The molecule has 0 radical (unpaired) electrons. The molecule has 1 N–H and O–H groups in total. The molecular weight excluding hydrogens is 425 g/mol. The minimum Gasteiger partial charge on any atom is -0.469 e. The van der Waals surface area contributed by atoms with Crippen LogP contribution in [-0.2, 0) is 9.53 Å². The van der Waals surface area contributed by atoms with Crippen molar-refractivity contribution in [3.63, 3.8) is 0 Å². The maximum absolute atomic E-state index is 13.0. The third kappa shape index (κ3) is 7.85. The molecular formula is C30H46FNO2. The molecule has 4 heteroatoms. The fraction of sp³-hybridized carbons (Fsp3) is 0.567. The molecule has 1 heterocycles. The number of hydrogen-bond donors (Lipinski definition) is 1. The first-order chi connectivity index (χ1) is 15.8. The molecule has 2 aliphatic carbocycles. The Hall–Kier alpha value is -2.36. The minimum atomic E-state index is -0.202. The quantitative estimate of drug-likeness (QED) is 0.455. The lowest BCUT2D eigenvalue weighted by Crippen LogP contribution is -2.42. The maximum Gasteiger partial charge on any atom is 0.309 e. The van der Waals surface area contributed by atoms with E-state index in [0.717, 1.165) is 35.1 Å². The van der Waals surface area contributed by atoms with Crippen LogP contribution in [0.4, 0.5) is 4.39 Å². The molecule has 3 atom stereocenters. The summed E-state index contributed by atoms with van der Waals surface area (Å²) in [5, 5.41) is 3.19. The summed E-state index contributed by atoms with van der Waals surface area (Å²) in [7, 11) is 1.52. The third-order valence-electron chi connectivity index (χ3n) is 7.18. The predicted molar refractivity (Wildman–Crippen MR) is 143 cm³/mol. The molecule has 0 amide bonds. The van der Waals surface area contributed by atoms with Gasteiger partial charge in [0.15, 0.2) is 0 Å². The fourth-order valence-electron chi connectivity index (χ4n) is 5.39. The highest BCUT2D eigenvalue weighted by Crippen LogP contribution is 2.51. The van der Waals surface area contributed by atoms with E-state index in [2.05, 4.69) is 25.7 Å². The van der Waals surface area contributed by atoms with Gasteiger partial charge in [-0.1, -0.05) is 85.6 Å². The second-order valence-electron chi connectivity index (χ2n) is 9.69. The largest absolute Gasteiger partial charge is 0.469 e. The zero-order valence-electron chi connectivity index (χ0n) is 21.1. The Bertz CT molecular complexity index is 855. The molecule has 0 spiro atoms. The monoisotopic (exact) mass is 471 g/mol. The van der Waals surface area contributed by atoms with Crippen molar-refractivity contribution in [3.05, 3.63) is 66.2 Å². The summed E-state index contributed by atoms with van der Waals surface area (Å²) < 4.78 is 18.0. The van der Waals surface area contributed by atoms with E-state index < -0.39 is 0 Å². The topological polar surface area (TPSA) is 38.3 Å². The van der Waals surface area contributed by atoms with E-state index in [9.17, 15) is 9.18 Å². The van der Waals surface area contributed by atoms with Gasteiger partial charge in [-0.05, 0) is 65.5 Å². The van der Waals surface area contributed by atoms with Crippen molar-refractivity contribution < 1.29 is 13.9 Å². The van der Waals surface area contributed by atoms with E-state index in [-0.39, 0.29) is 30.5 Å². The Morgan fingerprint density at radius 3 is 2.41 bits per heavy atom. The van der Waals surface area contributed by atoms with Gasteiger partial charge < -0.3 is 10.1 Å². The summed E-state index contributed by atoms with van der Waals surface area (Å²) in [4.78, 5) is 11.8. The number of rotatable bonds is 3. The molecule has 2 saturated carbocycles. The van der Waals surface area contributed by atoms with Crippen LogP contribution in [0, 0.1) is 29.0 Å². The van der Waals surface area contributed by atoms with Crippen LogP contribution < -0.4 is 5.32 Å². The van der Waals surface area contributed by atoms with Gasteiger partial charge >= 0.3 is 5.97 Å². The predicted octanol–water partition coefficient (Wildman–Crippen LogP) is 7.95. The van der Waals surface area contributed by atoms with E-state index in [1.165, 1.54) is 45.3 Å². The van der Waals surface area contributed by atoms with Crippen molar-refractivity contribution in [1.29, 1.82) is 0 Å². The Morgan fingerprint density at radius 2 is 1.85 bits per heavy atom. The number of methoxy groups -OCH3 is 1. The van der Waals surface area contributed by atoms with E-state index in [4.69, 9.17) is 4.74 Å². The number of esters is 1. The van der Waals surface area contributed by atoms with Crippen molar-refractivity contribution in [2.24, 2.45) is 23.2 Å². The number of allylic oxidation sites excluding steroid dienone is 3. The first kappa shape index (κ1) is 29.7. The zero-order valence-corrected chi connectivity index (χ0v) is 21.1. The summed E-state index contributed by atoms with van der Waals surface area (Å²) >= 11 is 0. The van der Waals surface area contributed by atoms with E-state index >= 15 is 0 Å². The summed E-state index contributed by atoms with van der Waals surface area (Å²) in [6.45, 7) is 12.9. The number of halogens is 1. The Labute approximate surface area is 207 Å². The molecule has 4 rings (SSSR count). The summed E-state index contributed by atoms with van der Waals surface area (Å²) in [6, 6.07) is 6.62. The normalized spacial score (nSPS) is 24.5. The molecule has 0 saturated heterocycles. The summed E-state index contributed by atoms with van der Waals surface area (Å²) in [5.74, 6) is 1.58. The Balaban J connectivity index is 0.000000309. The maximum atomic E-state index is 13.0. The van der Waals surface area contributed by atoms with Gasteiger partial charge in [-0.15, -0.1) is 0 Å². The minimum absolute atomic E-state index is 0. The molecule has 190 valence electrons. The van der Waals surface area contributed by atoms with Crippen LogP contribution in [0.5, 0.6) is 0 Å². The number of carbonyl (C=O) groups excluding carboxylic acids is 1. The van der Waals surface area contributed by atoms with Gasteiger partial charge in [-0.25, -0.2) is 4.39 Å². The lowest BCUT2D eigenvalue weighted by atomic mass is 9.58. The SMILES string of the molecule is C.C=CC1=CC=C(c2cccc(F)c2)CN1.CC.COC(=O)[C@@H]1C[C@@H]2CCCCC2CC1(C)C. The van der Waals surface area contributed by atoms with Crippen LogP contribution in [0.1, 0.15) is 79.2 Å². The highest BCUT2D eigenvalue weighted by Gasteiger charge is 2.46. The average molecular weight is 472 g/mol. The van der Waals surface area contributed by atoms with Gasteiger partial charge in [-0.3, -0.25) is 4.79 Å². The first-order valence-electron chi connectivity index (χ1n) is 12.4. The molecule has 0 bridgehead atoms. The fourth-order valence-corrected chi connectivity index (χ4v) is 5.39. The van der Waals surface area contributed by atoms with Crippen LogP contribution >= 0.6 is 0 Å². The zero-order chi connectivity index (χ0) is 24.4. The van der Waals surface area contributed by atoms with Crippen molar-refractivity contribution in [1.82, 2.24) is 5.32 Å². The smallest absolute Gasteiger partial charge is 0.309 e. The number of hydrogen-bond acceptors (Lipinski definition) is 3. The Kier molecular flexibility index (Phi) is 12.3. The molecule has 1 aromatic rings. The standard InChI is InChI=1S/C14H24O2.C13H12FN.C2H6.CH4/c1-14(2)9-11-7-5-4-6-10(11)8-12(14)13(15)16-3;1-2-13-7-6-11(9-15-13)10-4-3-5-12(14)8-10;1-2;/h10-12H,4-9H2,1-3H3;2-8,15H,1,9H2;1-2H3;1H4/t10-,11?,12-;;;/m0.../s1. The van der Waals surface area contributed by atoms with Crippen LogP contribution in [0.3, 0.4) is 0 Å². The summed E-state index contributed by atoms with van der Waals surface area (Å²) in [6.07, 6.45) is 13.4. The van der Waals surface area contributed by atoms with E-state index in [1.807, 2.05) is 32.1 Å². The van der Waals surface area contributed by atoms with Gasteiger partial charge in [0, 0.05) is 12.2 Å². The van der Waals surface area contributed by atoms with Crippen molar-refractivity contribution in [2.75, 3.05) is 13.7 Å². The van der Waals surface area contributed by atoms with Crippen LogP contribution in [0.2, 0.25) is 0 Å². The molecule has 0 aromatic heterocycles. The van der Waals surface area contributed by atoms with Gasteiger partial charge in [0.2, 0.25) is 0 Å². The molecule has 1 unspecified atom stereocenters. The molecule has 3 nitrogen and oxygen atoms in total. The lowest BCUT2D eigenvalue weighted by Gasteiger charge is -2.47. The van der Waals surface area contributed by atoms with Gasteiger partial charge in [0.25, 0.3) is 0 Å². The number of benzene rings is 1. The molecule has 3 aliphatic rings. The van der Waals surface area contributed by atoms with E-state index in [0.29, 0.717) is 6.54 Å². The van der Waals surface area contributed by atoms with Crippen LogP contribution in [0.25, 0.3) is 5.57 Å². The number of dihydropyridines is 1. The number of carbonyl (C=O) groups is 1. The Morgan fingerprint density at radius 1 is 1.18 bits per heavy atom. The van der Waals surface area contributed by atoms with Gasteiger partial charge in [-0.2, -0.15) is 0 Å². The molecule has 34 heavy (non-hydrogen) atoms. The lowest BCUT2D eigenvalue weighted by molar-refractivity contribution is -0.154. The van der Waals surface area contributed by atoms with Crippen LogP contribution in [0.15, 0.2) is 54.8 Å². The highest BCUT2D eigenvalue weighted by molar-refractivity contribution is 5.73. The number of fused-ring (bicyclic) bond motifs is 1. The van der Waals surface area contributed by atoms with Crippen molar-refractivity contribution in [3.8, 4) is 0 Å². The first-order valence-corrected chi connectivity index (χ1v) is 12.4. The highest BCUT2D eigenvalue weighted by atomic mass is 19.1. The second kappa shape index (κ2) is 14.1. The van der Waals surface area contributed by atoms with Crippen molar-refractivity contribution in [2.45, 2.75) is 73.6 Å². The molecule has 1 aromatic carbocycles. The number of ether oxygens (including phenoxy) is 1. The van der Waals surface area contributed by atoms with E-state index in [1.54, 1.807) is 18.2 Å². The van der Waals surface area contributed by atoms with Gasteiger partial charge in [0.05, 0.1) is 13.0 Å². The summed E-state index contributed by atoms with van der Waals surface area (Å²) in [5.41, 5.74) is 3.13. The van der Waals surface area contributed by atoms with Crippen molar-refractivity contribution >= 4 is 11.5 Å². The molecule has 2 fully saturated rings. The van der Waals surface area contributed by atoms with Gasteiger partial charge in [0.1, 0.15) is 5.82 Å².